The monoisotopic (exact) mass is 365 g/mol. The number of carbonyl (C=O) groups is 2. The Hall–Kier alpha value is -3.52. The normalized spacial score (nSPS) is 11.4. The van der Waals surface area contributed by atoms with Crippen molar-refractivity contribution in [3.63, 3.8) is 0 Å². The number of anilines is 1. The van der Waals surface area contributed by atoms with Crippen LogP contribution in [-0.4, -0.2) is 40.5 Å². The van der Waals surface area contributed by atoms with E-state index in [2.05, 4.69) is 15.5 Å². The molecule has 8 heteroatoms. The van der Waals surface area contributed by atoms with Crippen molar-refractivity contribution in [2.75, 3.05) is 19.4 Å². The summed E-state index contributed by atoms with van der Waals surface area (Å²) in [6.45, 7) is 0.421. The summed E-state index contributed by atoms with van der Waals surface area (Å²) in [5.41, 5.74) is 1.38. The second-order valence-electron chi connectivity index (χ2n) is 6.16. The van der Waals surface area contributed by atoms with E-state index in [0.29, 0.717) is 17.7 Å². The maximum atomic E-state index is 12.0. The minimum Gasteiger partial charge on any atom is -0.493 e. The van der Waals surface area contributed by atoms with Crippen LogP contribution in [-0.2, 0) is 16.3 Å². The Morgan fingerprint density at radius 3 is 2.44 bits per heavy atom. The van der Waals surface area contributed by atoms with Crippen LogP contribution in [0.4, 0.5) is 11.4 Å². The van der Waals surface area contributed by atoms with Crippen LogP contribution in [0, 0.1) is 0 Å². The highest BCUT2D eigenvalue weighted by Crippen LogP contribution is 2.38. The smallest absolute Gasteiger partial charge is 0.353 e. The standard InChI is InChI=1S/C19H19N5O3/c1-23(2)12-24-15-11-7-6-10-14(15)16(19(24)27)21-22-18(26)17(25)20-13-8-4-3-5-9-13/h3-11,27H,12H2,1-2H3,(H,20,25). The molecular formula is C19H19N5O3. The summed E-state index contributed by atoms with van der Waals surface area (Å²) in [7, 11) is 3.74. The van der Waals surface area contributed by atoms with Gasteiger partial charge >= 0.3 is 11.8 Å². The summed E-state index contributed by atoms with van der Waals surface area (Å²) in [5.74, 6) is -2.07. The third-order valence-corrected chi connectivity index (χ3v) is 3.81. The number of hydrogen-bond acceptors (Lipinski definition) is 5. The van der Waals surface area contributed by atoms with Crippen molar-refractivity contribution in [3.8, 4) is 5.88 Å². The van der Waals surface area contributed by atoms with Crippen LogP contribution in [0.25, 0.3) is 10.9 Å². The zero-order valence-corrected chi connectivity index (χ0v) is 15.0. The molecule has 0 bridgehead atoms. The molecule has 0 spiro atoms. The van der Waals surface area contributed by atoms with Gasteiger partial charge in [-0.25, -0.2) is 0 Å². The lowest BCUT2D eigenvalue weighted by Gasteiger charge is -2.12. The van der Waals surface area contributed by atoms with Crippen molar-refractivity contribution in [2.45, 2.75) is 6.67 Å². The van der Waals surface area contributed by atoms with E-state index in [0.717, 1.165) is 5.52 Å². The van der Waals surface area contributed by atoms with Crippen LogP contribution in [0.2, 0.25) is 0 Å². The summed E-state index contributed by atoms with van der Waals surface area (Å²) < 4.78 is 1.65. The predicted octanol–water partition coefficient (Wildman–Crippen LogP) is 3.12. The molecule has 0 fully saturated rings. The molecule has 27 heavy (non-hydrogen) atoms. The van der Waals surface area contributed by atoms with Crippen LogP contribution in [0.15, 0.2) is 64.8 Å². The molecule has 2 N–H and O–H groups in total. The highest BCUT2D eigenvalue weighted by Gasteiger charge is 2.18. The number of fused-ring (bicyclic) bond motifs is 1. The number of azo groups is 1. The van der Waals surface area contributed by atoms with Crippen molar-refractivity contribution in [1.82, 2.24) is 9.47 Å². The molecule has 0 aliphatic carbocycles. The third-order valence-electron chi connectivity index (χ3n) is 3.81. The highest BCUT2D eigenvalue weighted by molar-refractivity contribution is 6.40. The van der Waals surface area contributed by atoms with Gasteiger partial charge in [0.25, 0.3) is 0 Å². The minimum atomic E-state index is -1.05. The topological polar surface area (TPSA) is 99.3 Å². The molecule has 0 saturated heterocycles. The quantitative estimate of drug-likeness (QED) is 0.548. The summed E-state index contributed by atoms with van der Waals surface area (Å²) >= 11 is 0. The van der Waals surface area contributed by atoms with Gasteiger partial charge < -0.3 is 10.4 Å². The Labute approximate surface area is 155 Å². The molecule has 1 aromatic heterocycles. The molecule has 1 heterocycles. The van der Waals surface area contributed by atoms with Gasteiger partial charge in [-0.2, -0.15) is 0 Å². The van der Waals surface area contributed by atoms with Gasteiger partial charge in [0.1, 0.15) is 0 Å². The van der Waals surface area contributed by atoms with Gasteiger partial charge in [0.15, 0.2) is 5.69 Å². The lowest BCUT2D eigenvalue weighted by Crippen LogP contribution is -2.20. The summed E-state index contributed by atoms with van der Waals surface area (Å²) in [6.07, 6.45) is 0. The van der Waals surface area contributed by atoms with E-state index in [1.165, 1.54) is 0 Å². The van der Waals surface area contributed by atoms with Gasteiger partial charge in [-0.15, -0.1) is 10.2 Å². The fourth-order valence-corrected chi connectivity index (χ4v) is 2.64. The third kappa shape index (κ3) is 4.01. The second-order valence-corrected chi connectivity index (χ2v) is 6.16. The van der Waals surface area contributed by atoms with Gasteiger partial charge in [-0.3, -0.25) is 19.1 Å². The second kappa shape index (κ2) is 7.79. The number of rotatable bonds is 4. The van der Waals surface area contributed by atoms with Crippen molar-refractivity contribution in [3.05, 3.63) is 54.6 Å². The largest absolute Gasteiger partial charge is 0.493 e. The minimum absolute atomic E-state index is 0.120. The zero-order valence-electron chi connectivity index (χ0n) is 15.0. The van der Waals surface area contributed by atoms with Crippen LogP contribution in [0.1, 0.15) is 0 Å². The van der Waals surface area contributed by atoms with E-state index < -0.39 is 11.8 Å². The Morgan fingerprint density at radius 2 is 1.74 bits per heavy atom. The average Bonchev–Trinajstić information content (AvgIpc) is 2.92. The van der Waals surface area contributed by atoms with Gasteiger partial charge in [0.2, 0.25) is 5.88 Å². The summed E-state index contributed by atoms with van der Waals surface area (Å²) in [4.78, 5) is 25.8. The molecule has 0 aliphatic rings. The molecule has 138 valence electrons. The number of carbonyl (C=O) groups excluding carboxylic acids is 2. The number of amides is 2. The maximum absolute atomic E-state index is 12.0. The first-order valence-electron chi connectivity index (χ1n) is 8.24. The summed E-state index contributed by atoms with van der Waals surface area (Å²) in [6, 6.07) is 15.8. The fraction of sp³-hybridized carbons (Fsp3) is 0.158. The predicted molar refractivity (Wildman–Crippen MR) is 102 cm³/mol. The first kappa shape index (κ1) is 18.3. The van der Waals surface area contributed by atoms with Crippen molar-refractivity contribution in [1.29, 1.82) is 0 Å². The Bertz CT molecular complexity index is 1010. The lowest BCUT2D eigenvalue weighted by molar-refractivity contribution is -0.134. The van der Waals surface area contributed by atoms with E-state index in [1.54, 1.807) is 47.0 Å². The van der Waals surface area contributed by atoms with E-state index in [9.17, 15) is 14.7 Å². The average molecular weight is 365 g/mol. The lowest BCUT2D eigenvalue weighted by atomic mass is 10.2. The molecular weight excluding hydrogens is 346 g/mol. The van der Waals surface area contributed by atoms with Gasteiger partial charge in [-0.05, 0) is 32.3 Å². The molecule has 0 aliphatic heterocycles. The highest BCUT2D eigenvalue weighted by atomic mass is 16.3. The van der Waals surface area contributed by atoms with Crippen LogP contribution < -0.4 is 5.32 Å². The molecule has 2 aromatic carbocycles. The maximum Gasteiger partial charge on any atom is 0.353 e. The van der Waals surface area contributed by atoms with Crippen molar-refractivity contribution in [2.24, 2.45) is 10.2 Å². The first-order valence-corrected chi connectivity index (χ1v) is 8.24. The van der Waals surface area contributed by atoms with Gasteiger partial charge in [0.05, 0.1) is 12.2 Å². The first-order chi connectivity index (χ1) is 13.0. The van der Waals surface area contributed by atoms with E-state index in [4.69, 9.17) is 0 Å². The van der Waals surface area contributed by atoms with Crippen LogP contribution in [0.5, 0.6) is 5.88 Å². The molecule has 0 atom stereocenters. The summed E-state index contributed by atoms with van der Waals surface area (Å²) in [5, 5.41) is 20.9. The zero-order chi connectivity index (χ0) is 19.4. The number of aromatic hydroxyl groups is 1. The Balaban J connectivity index is 1.86. The molecule has 8 nitrogen and oxygen atoms in total. The number of nitrogens with one attached hydrogen (secondary N) is 1. The Morgan fingerprint density at radius 1 is 1.07 bits per heavy atom. The molecule has 2 amide bonds. The van der Waals surface area contributed by atoms with E-state index in [-0.39, 0.29) is 11.6 Å². The number of aromatic nitrogens is 1. The molecule has 0 radical (unpaired) electrons. The number of benzene rings is 2. The molecule has 3 rings (SSSR count). The van der Waals surface area contributed by atoms with Crippen molar-refractivity contribution < 1.29 is 14.7 Å². The van der Waals surface area contributed by atoms with Gasteiger partial charge in [0, 0.05) is 11.1 Å². The van der Waals surface area contributed by atoms with E-state index in [1.807, 2.05) is 31.1 Å². The molecule has 0 unspecified atom stereocenters. The Kier molecular flexibility index (Phi) is 5.28. The number of hydrogen-bond donors (Lipinski definition) is 2. The van der Waals surface area contributed by atoms with Crippen LogP contribution in [0.3, 0.4) is 0 Å². The molecule has 3 aromatic rings. The van der Waals surface area contributed by atoms with E-state index >= 15 is 0 Å². The SMILES string of the molecule is CN(C)Cn1c(O)c(N=NC(=O)C(=O)Nc2ccccc2)c2ccccc21. The number of nitrogens with zero attached hydrogens (tertiary/aromatic N) is 4. The van der Waals surface area contributed by atoms with Crippen LogP contribution >= 0.6 is 0 Å². The fourth-order valence-electron chi connectivity index (χ4n) is 2.64. The number of para-hydroxylation sites is 2. The van der Waals surface area contributed by atoms with Gasteiger partial charge in [-0.1, -0.05) is 36.4 Å². The van der Waals surface area contributed by atoms with Crippen molar-refractivity contribution >= 4 is 34.1 Å². The molecule has 0 saturated carbocycles.